The predicted octanol–water partition coefficient (Wildman–Crippen LogP) is 2.31. The van der Waals surface area contributed by atoms with Crippen LogP contribution in [0.25, 0.3) is 0 Å². The van der Waals surface area contributed by atoms with Crippen molar-refractivity contribution in [1.82, 2.24) is 14.3 Å². The van der Waals surface area contributed by atoms with Gasteiger partial charge in [0, 0.05) is 23.7 Å². The topological polar surface area (TPSA) is 61.4 Å². The number of halogens is 1. The van der Waals surface area contributed by atoms with Gasteiger partial charge in [-0.1, -0.05) is 36.6 Å². The van der Waals surface area contributed by atoms with Gasteiger partial charge in [0.15, 0.2) is 0 Å². The summed E-state index contributed by atoms with van der Waals surface area (Å²) in [5.41, 5.74) is 1.03. The minimum Gasteiger partial charge on any atom is -0.301 e. The van der Waals surface area contributed by atoms with Gasteiger partial charge >= 0.3 is 0 Å². The lowest BCUT2D eigenvalue weighted by Gasteiger charge is -2.25. The van der Waals surface area contributed by atoms with E-state index < -0.39 is 10.2 Å². The van der Waals surface area contributed by atoms with E-state index in [9.17, 15) is 8.42 Å². The van der Waals surface area contributed by atoms with E-state index in [1.165, 1.54) is 0 Å². The Hall–Kier alpha value is -0.660. The minimum atomic E-state index is -3.46. The van der Waals surface area contributed by atoms with Crippen molar-refractivity contribution >= 4 is 21.8 Å². The summed E-state index contributed by atoms with van der Waals surface area (Å²) in [5, 5.41) is 0.671. The summed E-state index contributed by atoms with van der Waals surface area (Å²) in [4.78, 5) is 1.99. The average molecular weight is 346 g/mol. The van der Waals surface area contributed by atoms with E-state index in [-0.39, 0.29) is 12.1 Å². The minimum absolute atomic E-state index is 0.0441. The zero-order valence-electron chi connectivity index (χ0n) is 13.0. The van der Waals surface area contributed by atoms with E-state index in [0.29, 0.717) is 11.6 Å². The van der Waals surface area contributed by atoms with Crippen molar-refractivity contribution in [2.45, 2.75) is 37.8 Å². The van der Waals surface area contributed by atoms with Gasteiger partial charge in [-0.15, -0.1) is 0 Å². The van der Waals surface area contributed by atoms with E-state index in [4.69, 9.17) is 11.6 Å². The molecule has 124 valence electrons. The zero-order valence-corrected chi connectivity index (χ0v) is 14.6. The van der Waals surface area contributed by atoms with Crippen LogP contribution in [-0.4, -0.2) is 40.0 Å². The molecule has 1 aliphatic carbocycles. The third-order valence-corrected chi connectivity index (χ3v) is 5.46. The number of nitrogens with one attached hydrogen (secondary N) is 2. The molecular weight excluding hydrogens is 322 g/mol. The first kappa shape index (κ1) is 17.7. The Labute approximate surface area is 138 Å². The molecule has 0 aliphatic heterocycles. The van der Waals surface area contributed by atoms with Crippen molar-refractivity contribution in [3.05, 3.63) is 34.9 Å². The van der Waals surface area contributed by atoms with Gasteiger partial charge in [0.05, 0.1) is 0 Å². The van der Waals surface area contributed by atoms with Crippen molar-refractivity contribution in [1.29, 1.82) is 0 Å². The monoisotopic (exact) mass is 345 g/mol. The first-order valence-electron chi connectivity index (χ1n) is 7.56. The van der Waals surface area contributed by atoms with Gasteiger partial charge in [-0.05, 0) is 44.6 Å². The summed E-state index contributed by atoms with van der Waals surface area (Å²) in [7, 11) is 0.395. The molecule has 0 bridgehead atoms. The average Bonchev–Trinajstić information content (AvgIpc) is 2.92. The first-order chi connectivity index (χ1) is 10.4. The van der Waals surface area contributed by atoms with Crippen molar-refractivity contribution in [3.8, 4) is 0 Å². The summed E-state index contributed by atoms with van der Waals surface area (Å²) in [6.45, 7) is 0.316. The second-order valence-electron chi connectivity index (χ2n) is 5.98. The van der Waals surface area contributed by atoms with Crippen molar-refractivity contribution < 1.29 is 8.42 Å². The fourth-order valence-electron chi connectivity index (χ4n) is 2.78. The lowest BCUT2D eigenvalue weighted by molar-refractivity contribution is 0.299. The molecule has 7 heteroatoms. The Kier molecular flexibility index (Phi) is 6.23. The van der Waals surface area contributed by atoms with Gasteiger partial charge in [0.25, 0.3) is 10.2 Å². The molecule has 22 heavy (non-hydrogen) atoms. The Morgan fingerprint density at radius 1 is 1.23 bits per heavy atom. The Balaban J connectivity index is 1.97. The molecule has 1 saturated carbocycles. The standard InChI is InChI=1S/C15H24ClN3O2S/c1-19(2)15(12-7-9-13(16)10-8-12)11-17-22(20,21)18-14-5-3-4-6-14/h7-10,14-15,17-18H,3-6,11H2,1-2H3. The van der Waals surface area contributed by atoms with Gasteiger partial charge in [0.2, 0.25) is 0 Å². The van der Waals surface area contributed by atoms with Crippen LogP contribution in [0.2, 0.25) is 5.02 Å². The predicted molar refractivity (Wildman–Crippen MR) is 90.2 cm³/mol. The number of rotatable bonds is 7. The van der Waals surface area contributed by atoms with Crippen LogP contribution in [0.3, 0.4) is 0 Å². The maximum atomic E-state index is 12.1. The maximum absolute atomic E-state index is 12.1. The van der Waals surface area contributed by atoms with Crippen LogP contribution in [0, 0.1) is 0 Å². The molecule has 0 saturated heterocycles. The highest BCUT2D eigenvalue weighted by Gasteiger charge is 2.23. The summed E-state index contributed by atoms with van der Waals surface area (Å²) in [5.74, 6) is 0. The van der Waals surface area contributed by atoms with Gasteiger partial charge in [-0.25, -0.2) is 4.72 Å². The molecule has 2 N–H and O–H groups in total. The largest absolute Gasteiger partial charge is 0.301 e. The smallest absolute Gasteiger partial charge is 0.277 e. The summed E-state index contributed by atoms with van der Waals surface area (Å²) in [6.07, 6.45) is 4.04. The highest BCUT2D eigenvalue weighted by atomic mass is 35.5. The number of nitrogens with zero attached hydrogens (tertiary/aromatic N) is 1. The van der Waals surface area contributed by atoms with Crippen LogP contribution in [0.15, 0.2) is 24.3 Å². The molecule has 0 amide bonds. The fraction of sp³-hybridized carbons (Fsp3) is 0.600. The van der Waals surface area contributed by atoms with Crippen LogP contribution >= 0.6 is 11.6 Å². The Morgan fingerprint density at radius 3 is 2.36 bits per heavy atom. The SMILES string of the molecule is CN(C)C(CNS(=O)(=O)NC1CCCC1)c1ccc(Cl)cc1. The van der Waals surface area contributed by atoms with E-state index >= 15 is 0 Å². The molecule has 1 aromatic rings. The second kappa shape index (κ2) is 7.75. The number of hydrogen-bond acceptors (Lipinski definition) is 3. The molecule has 1 aliphatic rings. The third kappa shape index (κ3) is 5.21. The Bertz CT molecular complexity index is 569. The zero-order chi connectivity index (χ0) is 16.2. The quantitative estimate of drug-likeness (QED) is 0.797. The van der Waals surface area contributed by atoms with Gasteiger partial charge < -0.3 is 4.90 Å². The fourth-order valence-corrected chi connectivity index (χ4v) is 4.04. The van der Waals surface area contributed by atoms with Gasteiger partial charge in [-0.2, -0.15) is 13.1 Å². The van der Waals surface area contributed by atoms with Gasteiger partial charge in [0.1, 0.15) is 0 Å². The number of likely N-dealkylation sites (N-methyl/N-ethyl adjacent to an activating group) is 1. The van der Waals surface area contributed by atoms with Crippen LogP contribution < -0.4 is 9.44 Å². The van der Waals surface area contributed by atoms with Crippen LogP contribution in [0.5, 0.6) is 0 Å². The first-order valence-corrected chi connectivity index (χ1v) is 9.42. The third-order valence-electron chi connectivity index (χ3n) is 4.02. The molecule has 1 aromatic carbocycles. The van der Waals surface area contributed by atoms with Crippen molar-refractivity contribution in [2.75, 3.05) is 20.6 Å². The molecule has 1 unspecified atom stereocenters. The van der Waals surface area contributed by atoms with Crippen LogP contribution in [0.1, 0.15) is 37.3 Å². The second-order valence-corrected chi connectivity index (χ2v) is 7.95. The lowest BCUT2D eigenvalue weighted by atomic mass is 10.1. The molecule has 5 nitrogen and oxygen atoms in total. The lowest BCUT2D eigenvalue weighted by Crippen LogP contribution is -2.44. The maximum Gasteiger partial charge on any atom is 0.277 e. The highest BCUT2D eigenvalue weighted by molar-refractivity contribution is 7.87. The molecular formula is C15H24ClN3O2S. The molecule has 2 rings (SSSR count). The number of hydrogen-bond donors (Lipinski definition) is 2. The number of benzene rings is 1. The molecule has 0 spiro atoms. The van der Waals surface area contributed by atoms with Crippen LogP contribution in [0.4, 0.5) is 0 Å². The Morgan fingerprint density at radius 2 is 1.82 bits per heavy atom. The van der Waals surface area contributed by atoms with Gasteiger partial charge in [-0.3, -0.25) is 0 Å². The summed E-state index contributed by atoms with van der Waals surface area (Å²) in [6, 6.07) is 7.51. The van der Waals surface area contributed by atoms with Crippen molar-refractivity contribution in [3.63, 3.8) is 0 Å². The van der Waals surface area contributed by atoms with E-state index in [2.05, 4.69) is 9.44 Å². The summed E-state index contributed by atoms with van der Waals surface area (Å²) >= 11 is 5.91. The van der Waals surface area contributed by atoms with E-state index in [1.54, 1.807) is 0 Å². The molecule has 0 radical (unpaired) electrons. The molecule has 0 heterocycles. The van der Waals surface area contributed by atoms with Crippen molar-refractivity contribution in [2.24, 2.45) is 0 Å². The molecule has 1 fully saturated rings. The van der Waals surface area contributed by atoms with E-state index in [1.807, 2.05) is 43.3 Å². The highest BCUT2D eigenvalue weighted by Crippen LogP contribution is 2.21. The van der Waals surface area contributed by atoms with E-state index in [0.717, 1.165) is 31.2 Å². The molecule has 0 aromatic heterocycles. The normalized spacial score (nSPS) is 18.0. The van der Waals surface area contributed by atoms with Crippen LogP contribution in [-0.2, 0) is 10.2 Å². The molecule has 1 atom stereocenters. The summed E-state index contributed by atoms with van der Waals surface area (Å²) < 4.78 is 29.7.